The van der Waals surface area contributed by atoms with Crippen LogP contribution >= 0.6 is 0 Å². The first-order valence-corrected chi connectivity index (χ1v) is 10.4. The minimum Gasteiger partial charge on any atom is -0.494 e. The summed E-state index contributed by atoms with van der Waals surface area (Å²) in [4.78, 5) is 2.43. The van der Waals surface area contributed by atoms with Crippen molar-refractivity contribution in [1.29, 1.82) is 0 Å². The number of likely N-dealkylation sites (tertiary alicyclic amines) is 1. The Bertz CT molecular complexity index is 1140. The predicted molar refractivity (Wildman–Crippen MR) is 111 cm³/mol. The summed E-state index contributed by atoms with van der Waals surface area (Å²) >= 11 is 0. The molecule has 3 aliphatic rings. The molecule has 1 saturated heterocycles. The third-order valence-electron chi connectivity index (χ3n) is 5.68. The van der Waals surface area contributed by atoms with Gasteiger partial charge in [0.15, 0.2) is 5.69 Å². The molecule has 1 aromatic heterocycles. The third-order valence-corrected chi connectivity index (χ3v) is 5.68. The number of rotatable bonds is 6. The van der Waals surface area contributed by atoms with Crippen LogP contribution < -0.4 is 4.74 Å². The first-order valence-electron chi connectivity index (χ1n) is 10.4. The van der Waals surface area contributed by atoms with E-state index in [0.717, 1.165) is 26.1 Å². The van der Waals surface area contributed by atoms with Gasteiger partial charge in [0, 0.05) is 12.1 Å². The van der Waals surface area contributed by atoms with E-state index in [0.29, 0.717) is 29.1 Å². The topological polar surface area (TPSA) is 43.4 Å². The number of ether oxygens (including phenoxy) is 1. The maximum absolute atomic E-state index is 13.7. The largest absolute Gasteiger partial charge is 0.494 e. The van der Waals surface area contributed by atoms with Crippen LogP contribution in [0.1, 0.15) is 25.0 Å². The van der Waals surface area contributed by atoms with Gasteiger partial charge >= 0.3 is 6.18 Å². The second-order valence-electron chi connectivity index (χ2n) is 7.80. The average Bonchev–Trinajstić information content (AvgIpc) is 3.47. The van der Waals surface area contributed by atoms with E-state index in [1.807, 2.05) is 0 Å². The Balaban J connectivity index is 1.38. The number of hydrogen-bond acceptors (Lipinski definition) is 4. The van der Waals surface area contributed by atoms with E-state index in [1.54, 1.807) is 42.5 Å². The molecule has 8 heteroatoms. The number of fused-ring (bicyclic) bond motifs is 3. The molecule has 2 aliphatic heterocycles. The molecule has 0 radical (unpaired) electrons. The van der Waals surface area contributed by atoms with Gasteiger partial charge < -0.3 is 14.1 Å². The smallest absolute Gasteiger partial charge is 0.435 e. The summed E-state index contributed by atoms with van der Waals surface area (Å²) in [5.74, 6) is 0.876. The fourth-order valence-electron chi connectivity index (χ4n) is 4.21. The SMILES string of the molecule is FC(F)(F)c1nn(-c2ccc(OCCCN3CCCC3)cc2)c2cc3cccoc-3c12. The number of hydrogen-bond donors (Lipinski definition) is 0. The van der Waals surface area contributed by atoms with Crippen LogP contribution in [-0.2, 0) is 6.18 Å². The molecule has 0 saturated carbocycles. The minimum atomic E-state index is -4.59. The van der Waals surface area contributed by atoms with Crippen molar-refractivity contribution < 1.29 is 22.3 Å². The highest BCUT2D eigenvalue weighted by Crippen LogP contribution is 2.43. The first kappa shape index (κ1) is 19.9. The van der Waals surface area contributed by atoms with Gasteiger partial charge in [0.2, 0.25) is 0 Å². The summed E-state index contributed by atoms with van der Waals surface area (Å²) in [5, 5.41) is 3.85. The average molecular weight is 429 g/mol. The molecule has 5 nitrogen and oxygen atoms in total. The molecule has 0 atom stereocenters. The molecule has 0 N–H and O–H groups in total. The summed E-state index contributed by atoms with van der Waals surface area (Å²) in [5.41, 5.74) is 0.540. The normalized spacial score (nSPS) is 15.3. The zero-order chi connectivity index (χ0) is 21.4. The summed E-state index contributed by atoms with van der Waals surface area (Å²) in [6, 6.07) is 12.0. The highest BCUT2D eigenvalue weighted by atomic mass is 19.4. The van der Waals surface area contributed by atoms with Crippen molar-refractivity contribution in [3.8, 4) is 22.8 Å². The molecule has 0 amide bonds. The summed E-state index contributed by atoms with van der Waals surface area (Å²) in [7, 11) is 0. The van der Waals surface area contributed by atoms with Crippen LogP contribution in [0, 0.1) is 0 Å². The van der Waals surface area contributed by atoms with E-state index in [9.17, 15) is 13.2 Å². The maximum Gasteiger partial charge on any atom is 0.435 e. The summed E-state index contributed by atoms with van der Waals surface area (Å²) in [6.07, 6.45) is 0.266. The molecule has 162 valence electrons. The van der Waals surface area contributed by atoms with E-state index in [-0.39, 0.29) is 11.1 Å². The van der Waals surface area contributed by atoms with Crippen LogP contribution in [-0.4, -0.2) is 40.9 Å². The summed E-state index contributed by atoms with van der Waals surface area (Å²) in [6.45, 7) is 3.96. The lowest BCUT2D eigenvalue weighted by Crippen LogP contribution is -2.21. The van der Waals surface area contributed by atoms with Crippen molar-refractivity contribution in [1.82, 2.24) is 14.7 Å². The highest BCUT2D eigenvalue weighted by Gasteiger charge is 2.39. The second-order valence-corrected chi connectivity index (χ2v) is 7.80. The lowest BCUT2D eigenvalue weighted by atomic mass is 10.2. The van der Waals surface area contributed by atoms with E-state index in [4.69, 9.17) is 9.15 Å². The third kappa shape index (κ3) is 3.87. The van der Waals surface area contributed by atoms with Crippen LogP contribution in [0.25, 0.3) is 27.9 Å². The van der Waals surface area contributed by atoms with Crippen molar-refractivity contribution in [2.24, 2.45) is 0 Å². The lowest BCUT2D eigenvalue weighted by Gasteiger charge is -2.14. The van der Waals surface area contributed by atoms with Gasteiger partial charge in [0.05, 0.1) is 29.5 Å². The number of benzene rings is 1. The van der Waals surface area contributed by atoms with E-state index >= 15 is 0 Å². The zero-order valence-corrected chi connectivity index (χ0v) is 16.9. The maximum atomic E-state index is 13.7. The van der Waals surface area contributed by atoms with Crippen molar-refractivity contribution in [3.63, 3.8) is 0 Å². The molecule has 0 spiro atoms. The highest BCUT2D eigenvalue weighted by molar-refractivity contribution is 6.00. The molecular weight excluding hydrogens is 407 g/mol. The Labute approximate surface area is 177 Å². The van der Waals surface area contributed by atoms with Gasteiger partial charge in [-0.2, -0.15) is 18.3 Å². The Kier molecular flexibility index (Phi) is 5.09. The molecule has 5 rings (SSSR count). The minimum absolute atomic E-state index is 0.0228. The van der Waals surface area contributed by atoms with Crippen LogP contribution in [0.5, 0.6) is 5.75 Å². The molecule has 1 fully saturated rings. The van der Waals surface area contributed by atoms with E-state index in [1.165, 1.54) is 23.8 Å². The number of alkyl halides is 3. The van der Waals surface area contributed by atoms with Gasteiger partial charge in [-0.3, -0.25) is 0 Å². The summed E-state index contributed by atoms with van der Waals surface area (Å²) < 4.78 is 53.5. The Hall–Kier alpha value is -3.00. The van der Waals surface area contributed by atoms with Gasteiger partial charge in [-0.1, -0.05) is 0 Å². The first-order chi connectivity index (χ1) is 15.0. The zero-order valence-electron chi connectivity index (χ0n) is 16.9. The molecule has 2 aromatic rings. The van der Waals surface area contributed by atoms with Crippen molar-refractivity contribution >= 4 is 10.9 Å². The quantitative estimate of drug-likeness (QED) is 0.374. The van der Waals surface area contributed by atoms with Gasteiger partial charge in [0.25, 0.3) is 0 Å². The standard InChI is InChI=1S/C23H22F3N3O2/c24-23(25,26)22-20-19(15-16-5-3-13-31-21(16)20)29(27-22)17-6-8-18(9-7-17)30-14-4-12-28-10-1-2-11-28/h3,5-9,13,15H,1-2,4,10-12,14H2. The van der Waals surface area contributed by atoms with E-state index in [2.05, 4.69) is 10.00 Å². The number of halogens is 3. The van der Waals surface area contributed by atoms with E-state index < -0.39 is 11.9 Å². The molecule has 3 heterocycles. The Morgan fingerprint density at radius 1 is 1.06 bits per heavy atom. The number of nitrogens with zero attached hydrogens (tertiary/aromatic N) is 3. The monoisotopic (exact) mass is 429 g/mol. The van der Waals surface area contributed by atoms with Crippen LogP contribution in [0.3, 0.4) is 0 Å². The van der Waals surface area contributed by atoms with Gasteiger partial charge in [0.1, 0.15) is 11.5 Å². The second kappa shape index (κ2) is 7.92. The van der Waals surface area contributed by atoms with Crippen LogP contribution in [0.15, 0.2) is 53.1 Å². The van der Waals surface area contributed by atoms with Gasteiger partial charge in [-0.15, -0.1) is 0 Å². The lowest BCUT2D eigenvalue weighted by molar-refractivity contribution is -0.140. The molecule has 0 unspecified atom stereocenters. The fraction of sp³-hybridized carbons (Fsp3) is 0.348. The Morgan fingerprint density at radius 2 is 1.84 bits per heavy atom. The van der Waals surface area contributed by atoms with Crippen molar-refractivity contribution in [2.45, 2.75) is 25.4 Å². The molecule has 1 aromatic carbocycles. The van der Waals surface area contributed by atoms with Crippen LogP contribution in [0.4, 0.5) is 13.2 Å². The molecular formula is C23H22F3N3O2. The van der Waals surface area contributed by atoms with Crippen molar-refractivity contribution in [2.75, 3.05) is 26.2 Å². The number of aromatic nitrogens is 2. The fourth-order valence-corrected chi connectivity index (χ4v) is 4.21. The molecule has 1 aliphatic carbocycles. The molecule has 31 heavy (non-hydrogen) atoms. The van der Waals surface area contributed by atoms with Crippen molar-refractivity contribution in [3.05, 3.63) is 54.4 Å². The van der Waals surface area contributed by atoms with Gasteiger partial charge in [-0.05, 0) is 74.8 Å². The predicted octanol–water partition coefficient (Wildman–Crippen LogP) is 5.61. The van der Waals surface area contributed by atoms with Crippen LogP contribution in [0.2, 0.25) is 0 Å². The molecule has 0 bridgehead atoms. The Morgan fingerprint density at radius 3 is 2.58 bits per heavy atom. The van der Waals surface area contributed by atoms with Gasteiger partial charge in [-0.25, -0.2) is 4.68 Å².